The van der Waals surface area contributed by atoms with Crippen molar-refractivity contribution in [3.63, 3.8) is 0 Å². The molecule has 0 aromatic heterocycles. The Balaban J connectivity index is 0. The van der Waals surface area contributed by atoms with E-state index in [0.717, 1.165) is 10.4 Å². The van der Waals surface area contributed by atoms with E-state index in [1.165, 1.54) is 0 Å². The Morgan fingerprint density at radius 3 is 1.33 bits per heavy atom. The molecule has 0 fully saturated rings. The van der Waals surface area contributed by atoms with Crippen molar-refractivity contribution in [2.45, 2.75) is 36.8 Å². The number of hydrogen-bond acceptors (Lipinski definition) is 1. The average Bonchev–Trinajstić information content (AvgIpc) is 1.67. The van der Waals surface area contributed by atoms with Crippen LogP contribution in [0.2, 0.25) is 10.5 Å². The molecule has 0 aromatic rings. The molecule has 0 heterocycles. The third-order valence-corrected chi connectivity index (χ3v) is 2.25. The molecule has 0 saturated carbocycles. The molecule has 0 aliphatic heterocycles. The van der Waals surface area contributed by atoms with Crippen LogP contribution < -0.4 is 4.98 Å². The maximum atomic E-state index is 3.24. The molecule has 3 heteroatoms. The van der Waals surface area contributed by atoms with E-state index in [0.29, 0.717) is 24.7 Å². The summed E-state index contributed by atoms with van der Waals surface area (Å²) in [5.74, 6) is 0. The molecule has 0 saturated heterocycles. The van der Waals surface area contributed by atoms with Gasteiger partial charge in [0, 0.05) is 5.54 Å². The molecule has 0 radical (unpaired) electrons. The van der Waals surface area contributed by atoms with Crippen LogP contribution in [-0.2, 0) is 19.2 Å². The van der Waals surface area contributed by atoms with Crippen molar-refractivity contribution < 1.29 is 19.2 Å². The van der Waals surface area contributed by atoms with Crippen molar-refractivity contribution >= 4 is 10.4 Å². The molecule has 0 atom stereocenters. The minimum absolute atomic E-state index is 0.353. The summed E-state index contributed by atoms with van der Waals surface area (Å²) in [4.78, 5) is 3.24. The Morgan fingerprint density at radius 1 is 1.22 bits per heavy atom. The number of nitrogens with one attached hydrogen (secondary N) is 1. The number of rotatable bonds is 0. The standard InChI is InChI=1S/C4H13NSi.2CH3.Ti/c1-4(2,3)5-6;;;/h5H,1-3,6H3;2*1H3;. The molecule has 1 N–H and O–H groups in total. The maximum absolute atomic E-state index is 3.24. The van der Waals surface area contributed by atoms with E-state index in [4.69, 9.17) is 0 Å². The van der Waals surface area contributed by atoms with Gasteiger partial charge >= 0.3 is 29.6 Å². The minimum atomic E-state index is 0.353. The second kappa shape index (κ2) is 7.00. The Morgan fingerprint density at radius 2 is 1.33 bits per heavy atom. The van der Waals surface area contributed by atoms with Crippen LogP contribution in [0, 0.1) is 0 Å². The van der Waals surface area contributed by atoms with Crippen molar-refractivity contribution in [3.05, 3.63) is 0 Å². The van der Waals surface area contributed by atoms with Gasteiger partial charge in [-0.2, -0.15) is 0 Å². The topological polar surface area (TPSA) is 12.0 Å². The van der Waals surface area contributed by atoms with Gasteiger partial charge in [0.05, 0.1) is 10.4 Å². The van der Waals surface area contributed by atoms with E-state index < -0.39 is 0 Å². The first-order valence-electron chi connectivity index (χ1n) is 3.25. The molecule has 56 valence electrons. The van der Waals surface area contributed by atoms with Crippen LogP contribution in [-0.4, -0.2) is 15.9 Å². The summed E-state index contributed by atoms with van der Waals surface area (Å²) >= 11 is 0.500. The molecule has 0 aromatic carbocycles. The Bertz CT molecular complexity index is 51.5. The fourth-order valence-corrected chi connectivity index (χ4v) is 0. The zero-order chi connectivity index (χ0) is 7.91. The van der Waals surface area contributed by atoms with E-state index in [2.05, 4.69) is 36.2 Å². The Labute approximate surface area is 71.4 Å². The Kier molecular flexibility index (Phi) is 9.77. The zero-order valence-corrected chi connectivity index (χ0v) is 11.1. The summed E-state index contributed by atoms with van der Waals surface area (Å²) in [6.45, 7) is 6.50. The molecule has 0 amide bonds. The van der Waals surface area contributed by atoms with Crippen LogP contribution in [0.3, 0.4) is 0 Å². The summed E-state index contributed by atoms with van der Waals surface area (Å²) in [6.07, 6.45) is 0. The number of hydrogen-bond donors (Lipinski definition) is 1. The fraction of sp³-hybridized carbons (Fsp3) is 1.00. The predicted molar refractivity (Wildman–Crippen MR) is 44.6 cm³/mol. The second-order valence-electron chi connectivity index (χ2n) is 3.00. The molecular weight excluding hydrogens is 162 g/mol. The molecule has 0 spiro atoms. The van der Waals surface area contributed by atoms with Crippen LogP contribution in [0.5, 0.6) is 0 Å². The average molecular weight is 181 g/mol. The van der Waals surface area contributed by atoms with Gasteiger partial charge in [-0.25, -0.2) is 0 Å². The van der Waals surface area contributed by atoms with Gasteiger partial charge < -0.3 is 4.98 Å². The van der Waals surface area contributed by atoms with Crippen LogP contribution in [0.15, 0.2) is 0 Å². The predicted octanol–water partition coefficient (Wildman–Crippen LogP) is 0.820. The summed E-state index contributed by atoms with van der Waals surface area (Å²) in [6, 6.07) is 0. The van der Waals surface area contributed by atoms with E-state index >= 15 is 0 Å². The van der Waals surface area contributed by atoms with Crippen molar-refractivity contribution in [3.8, 4) is 0 Å². The third-order valence-electron chi connectivity index (χ3n) is 0.750. The van der Waals surface area contributed by atoms with E-state index in [1.54, 1.807) is 0 Å². The first-order chi connectivity index (χ1) is 3.97. The van der Waals surface area contributed by atoms with Gasteiger partial charge in [0.25, 0.3) is 0 Å². The SMILES string of the molecule is CC(C)(C)N[SiH3].[CH3][Ti][CH3]. The van der Waals surface area contributed by atoms with E-state index in [1.807, 2.05) is 0 Å². The first-order valence-corrected chi connectivity index (χ1v) is 7.37. The molecule has 0 unspecified atom stereocenters. The van der Waals surface area contributed by atoms with Gasteiger partial charge in [0.15, 0.2) is 0 Å². The second-order valence-corrected chi connectivity index (χ2v) is 5.06. The summed E-state index contributed by atoms with van der Waals surface area (Å²) < 4.78 is 0. The van der Waals surface area contributed by atoms with Gasteiger partial charge in [-0.15, -0.1) is 0 Å². The van der Waals surface area contributed by atoms with Crippen LogP contribution in [0.25, 0.3) is 0 Å². The fourth-order valence-electron chi connectivity index (χ4n) is 0. The van der Waals surface area contributed by atoms with Gasteiger partial charge in [0.2, 0.25) is 0 Å². The molecule has 0 aliphatic carbocycles. The van der Waals surface area contributed by atoms with Crippen molar-refractivity contribution in [1.82, 2.24) is 4.98 Å². The van der Waals surface area contributed by atoms with Gasteiger partial charge in [-0.3, -0.25) is 0 Å². The van der Waals surface area contributed by atoms with Gasteiger partial charge in [0.1, 0.15) is 0 Å². The quantitative estimate of drug-likeness (QED) is 0.545. The zero-order valence-electron chi connectivity index (χ0n) is 7.50. The van der Waals surface area contributed by atoms with Gasteiger partial charge in [-0.1, -0.05) is 0 Å². The van der Waals surface area contributed by atoms with E-state index in [9.17, 15) is 0 Å². The molecule has 0 rings (SSSR count). The monoisotopic (exact) mass is 181 g/mol. The molecule has 0 bridgehead atoms. The van der Waals surface area contributed by atoms with Crippen LogP contribution in [0.1, 0.15) is 20.8 Å². The summed E-state index contributed by atoms with van der Waals surface area (Å²) in [5, 5.41) is 4.50. The van der Waals surface area contributed by atoms with Crippen molar-refractivity contribution in [2.24, 2.45) is 0 Å². The van der Waals surface area contributed by atoms with Crippen molar-refractivity contribution in [2.75, 3.05) is 0 Å². The van der Waals surface area contributed by atoms with E-state index in [-0.39, 0.29) is 0 Å². The van der Waals surface area contributed by atoms with Crippen LogP contribution in [0.4, 0.5) is 0 Å². The third kappa shape index (κ3) is 27.9. The molecule has 0 aliphatic rings. The Hall–Kier alpha value is 0.891. The molecule has 1 nitrogen and oxygen atoms in total. The van der Waals surface area contributed by atoms with Crippen molar-refractivity contribution in [1.29, 1.82) is 0 Å². The molecule has 9 heavy (non-hydrogen) atoms. The summed E-state index contributed by atoms with van der Waals surface area (Å²) in [5.41, 5.74) is 0.353. The first kappa shape index (κ1) is 12.6. The molecular formula is C6H19NSiTi. The van der Waals surface area contributed by atoms with Gasteiger partial charge in [-0.05, 0) is 20.8 Å². The normalized spacial score (nSPS) is 9.89. The van der Waals surface area contributed by atoms with Crippen LogP contribution >= 0.6 is 0 Å². The summed E-state index contributed by atoms with van der Waals surface area (Å²) in [7, 11) is 1.10.